The molecule has 3 aromatic heterocycles. The molecule has 0 fully saturated rings. The minimum absolute atomic E-state index is 0.329. The van der Waals surface area contributed by atoms with Gasteiger partial charge in [0.2, 0.25) is 0 Å². The highest BCUT2D eigenvalue weighted by Crippen LogP contribution is 2.25. The van der Waals surface area contributed by atoms with Crippen LogP contribution in [0.1, 0.15) is 21.5 Å². The summed E-state index contributed by atoms with van der Waals surface area (Å²) in [7, 11) is 0. The fourth-order valence-electron chi connectivity index (χ4n) is 2.05. The van der Waals surface area contributed by atoms with Crippen molar-refractivity contribution >= 4 is 22.7 Å². The van der Waals surface area contributed by atoms with Crippen LogP contribution in [0.3, 0.4) is 0 Å². The van der Waals surface area contributed by atoms with E-state index >= 15 is 0 Å². The van der Waals surface area contributed by atoms with Crippen molar-refractivity contribution in [3.8, 4) is 0 Å². The van der Waals surface area contributed by atoms with E-state index in [1.54, 1.807) is 28.9 Å². The van der Waals surface area contributed by atoms with Gasteiger partial charge in [0.05, 0.1) is 5.69 Å². The van der Waals surface area contributed by atoms with Gasteiger partial charge in [-0.15, -0.1) is 22.7 Å². The molecular weight excluding hydrogens is 286 g/mol. The Balaban J connectivity index is 1.69. The lowest BCUT2D eigenvalue weighted by Gasteiger charge is -2.16. The number of hydrogen-bond acceptors (Lipinski definition) is 5. The predicted octanol–water partition coefficient (Wildman–Crippen LogP) is 3.67. The minimum atomic E-state index is 0.329. The Kier molecular flexibility index (Phi) is 4.53. The molecule has 0 saturated carbocycles. The predicted molar refractivity (Wildman–Crippen MR) is 84.0 cm³/mol. The van der Waals surface area contributed by atoms with Gasteiger partial charge in [-0.2, -0.15) is 10.2 Å². The highest BCUT2D eigenvalue weighted by Gasteiger charge is 2.13. The first-order valence-corrected chi connectivity index (χ1v) is 8.23. The van der Waals surface area contributed by atoms with Crippen LogP contribution in [0.25, 0.3) is 0 Å². The van der Waals surface area contributed by atoms with Gasteiger partial charge in [-0.1, -0.05) is 12.1 Å². The van der Waals surface area contributed by atoms with Crippen LogP contribution in [0, 0.1) is 0 Å². The summed E-state index contributed by atoms with van der Waals surface area (Å²) in [4.78, 5) is 2.76. The van der Waals surface area contributed by atoms with E-state index in [0.29, 0.717) is 6.04 Å². The molecule has 1 N–H and O–H groups in total. The first-order chi connectivity index (χ1) is 9.92. The zero-order valence-electron chi connectivity index (χ0n) is 10.9. The number of nitrogens with zero attached hydrogens (tertiary/aromatic N) is 2. The summed E-state index contributed by atoms with van der Waals surface area (Å²) in [6.45, 7) is 0.738. The molecule has 3 heterocycles. The summed E-state index contributed by atoms with van der Waals surface area (Å²) < 4.78 is 0. The van der Waals surface area contributed by atoms with Crippen molar-refractivity contribution in [3.05, 3.63) is 68.8 Å². The van der Waals surface area contributed by atoms with Crippen molar-refractivity contribution < 1.29 is 0 Å². The average Bonchev–Trinajstić information content (AvgIpc) is 3.17. The summed E-state index contributed by atoms with van der Waals surface area (Å²) in [6.07, 6.45) is 2.71. The molecule has 0 aromatic carbocycles. The van der Waals surface area contributed by atoms with E-state index in [-0.39, 0.29) is 0 Å². The largest absolute Gasteiger partial charge is 0.303 e. The minimum Gasteiger partial charge on any atom is -0.303 e. The molecule has 20 heavy (non-hydrogen) atoms. The van der Waals surface area contributed by atoms with Gasteiger partial charge in [-0.05, 0) is 35.0 Å². The second-order valence-corrected chi connectivity index (χ2v) is 6.46. The third-order valence-corrected chi connectivity index (χ3v) is 4.91. The van der Waals surface area contributed by atoms with Gasteiger partial charge in [0.25, 0.3) is 0 Å². The van der Waals surface area contributed by atoms with Gasteiger partial charge in [0.1, 0.15) is 0 Å². The molecule has 0 aliphatic heterocycles. The third kappa shape index (κ3) is 3.50. The molecule has 0 amide bonds. The highest BCUT2D eigenvalue weighted by molar-refractivity contribution is 7.10. The molecule has 0 aliphatic rings. The molecule has 0 spiro atoms. The van der Waals surface area contributed by atoms with E-state index in [9.17, 15) is 0 Å². The molecule has 102 valence electrons. The van der Waals surface area contributed by atoms with Crippen molar-refractivity contribution in [1.29, 1.82) is 0 Å². The topological polar surface area (TPSA) is 37.8 Å². The third-order valence-electron chi connectivity index (χ3n) is 3.03. The number of hydrogen-bond donors (Lipinski definition) is 1. The van der Waals surface area contributed by atoms with Crippen molar-refractivity contribution in [1.82, 2.24) is 15.5 Å². The van der Waals surface area contributed by atoms with Crippen LogP contribution < -0.4 is 5.32 Å². The van der Waals surface area contributed by atoms with E-state index in [4.69, 9.17) is 0 Å². The normalized spacial score (nSPS) is 12.4. The molecule has 1 unspecified atom stereocenters. The van der Waals surface area contributed by atoms with Crippen LogP contribution >= 0.6 is 22.7 Å². The Hall–Kier alpha value is -1.56. The van der Waals surface area contributed by atoms with Crippen molar-refractivity contribution in [2.45, 2.75) is 19.0 Å². The Morgan fingerprint density at radius 3 is 2.65 bits per heavy atom. The Labute approximate surface area is 126 Å². The maximum Gasteiger partial charge on any atom is 0.0769 e. The standard InChI is InChI=1S/C15H15N3S2/c1-4-12(18-17-7-1)11-16-14(15-6-3-9-20-15)10-13-5-2-8-19-13/h1-9,14,16H,10-11H2. The van der Waals surface area contributed by atoms with E-state index in [1.807, 2.05) is 12.1 Å². The molecule has 0 aliphatic carbocycles. The number of rotatable bonds is 6. The average molecular weight is 301 g/mol. The van der Waals surface area contributed by atoms with Crippen LogP contribution in [-0.4, -0.2) is 10.2 Å². The number of thiophene rings is 2. The fourth-order valence-corrected chi connectivity index (χ4v) is 3.60. The summed E-state index contributed by atoms with van der Waals surface area (Å²) in [5.41, 5.74) is 0.972. The monoisotopic (exact) mass is 301 g/mol. The molecule has 3 aromatic rings. The van der Waals surface area contributed by atoms with Gasteiger partial charge in [-0.3, -0.25) is 0 Å². The zero-order chi connectivity index (χ0) is 13.6. The lowest BCUT2D eigenvalue weighted by Crippen LogP contribution is -2.22. The molecule has 5 heteroatoms. The van der Waals surface area contributed by atoms with E-state index in [1.165, 1.54) is 9.75 Å². The van der Waals surface area contributed by atoms with Crippen LogP contribution in [0.5, 0.6) is 0 Å². The van der Waals surface area contributed by atoms with Gasteiger partial charge in [0, 0.05) is 35.0 Å². The molecule has 0 radical (unpaired) electrons. The molecule has 0 saturated heterocycles. The quantitative estimate of drug-likeness (QED) is 0.755. The second-order valence-electron chi connectivity index (χ2n) is 4.45. The Morgan fingerprint density at radius 2 is 1.95 bits per heavy atom. The SMILES string of the molecule is c1cnnc(CNC(Cc2cccs2)c2cccs2)c1. The second kappa shape index (κ2) is 6.74. The van der Waals surface area contributed by atoms with Gasteiger partial charge in [0.15, 0.2) is 0 Å². The molecule has 3 rings (SSSR count). The van der Waals surface area contributed by atoms with E-state index in [2.05, 4.69) is 50.5 Å². The van der Waals surface area contributed by atoms with Crippen molar-refractivity contribution in [2.75, 3.05) is 0 Å². The molecular formula is C15H15N3S2. The van der Waals surface area contributed by atoms with Crippen molar-refractivity contribution in [2.24, 2.45) is 0 Å². The maximum atomic E-state index is 4.12. The van der Waals surface area contributed by atoms with Crippen molar-refractivity contribution in [3.63, 3.8) is 0 Å². The number of aromatic nitrogens is 2. The molecule has 1 atom stereocenters. The molecule has 3 nitrogen and oxygen atoms in total. The smallest absolute Gasteiger partial charge is 0.0769 e. The van der Waals surface area contributed by atoms with Crippen LogP contribution in [-0.2, 0) is 13.0 Å². The van der Waals surface area contributed by atoms with Gasteiger partial charge in [-0.25, -0.2) is 0 Å². The first-order valence-electron chi connectivity index (χ1n) is 6.47. The summed E-state index contributed by atoms with van der Waals surface area (Å²) >= 11 is 3.60. The van der Waals surface area contributed by atoms with Crippen LogP contribution in [0.2, 0.25) is 0 Å². The lowest BCUT2D eigenvalue weighted by molar-refractivity contribution is 0.533. The Bertz CT molecular complexity index is 606. The summed E-state index contributed by atoms with van der Waals surface area (Å²) in [5, 5.41) is 15.9. The first kappa shape index (κ1) is 13.4. The van der Waals surface area contributed by atoms with Crippen LogP contribution in [0.15, 0.2) is 53.4 Å². The lowest BCUT2D eigenvalue weighted by atomic mass is 10.1. The highest BCUT2D eigenvalue weighted by atomic mass is 32.1. The molecule has 0 bridgehead atoms. The van der Waals surface area contributed by atoms with Crippen LogP contribution in [0.4, 0.5) is 0 Å². The zero-order valence-corrected chi connectivity index (χ0v) is 12.5. The van der Waals surface area contributed by atoms with E-state index < -0.39 is 0 Å². The van der Waals surface area contributed by atoms with Gasteiger partial charge >= 0.3 is 0 Å². The number of nitrogens with one attached hydrogen (secondary N) is 1. The summed E-state index contributed by atoms with van der Waals surface area (Å²) in [5.74, 6) is 0. The fraction of sp³-hybridized carbons (Fsp3) is 0.200. The summed E-state index contributed by atoms with van der Waals surface area (Å²) in [6, 6.07) is 12.8. The maximum absolute atomic E-state index is 4.12. The Morgan fingerprint density at radius 1 is 1.05 bits per heavy atom. The van der Waals surface area contributed by atoms with E-state index in [0.717, 1.165) is 18.7 Å². The van der Waals surface area contributed by atoms with Gasteiger partial charge < -0.3 is 5.32 Å².